The van der Waals surface area contributed by atoms with Gasteiger partial charge in [0, 0.05) is 18.2 Å². The number of rotatable bonds is 4. The van der Waals surface area contributed by atoms with E-state index in [1.165, 1.54) is 0 Å². The first kappa shape index (κ1) is 13.6. The summed E-state index contributed by atoms with van der Waals surface area (Å²) in [5, 5.41) is 4.69. The molecule has 0 bridgehead atoms. The molecule has 1 atom stereocenters. The number of hydrogen-bond donors (Lipinski definition) is 0. The van der Waals surface area contributed by atoms with Crippen LogP contribution in [0.15, 0.2) is 34.9 Å². The molecule has 0 amide bonds. The number of hydrogen-bond acceptors (Lipinski definition) is 4. The molecule has 1 aliphatic rings. The van der Waals surface area contributed by atoms with Crippen molar-refractivity contribution in [1.29, 1.82) is 0 Å². The quantitative estimate of drug-likeness (QED) is 0.853. The largest absolute Gasteiger partial charge is 0.358 e. The van der Waals surface area contributed by atoms with E-state index < -0.39 is 0 Å². The number of aromatic nitrogens is 1. The minimum Gasteiger partial charge on any atom is -0.358 e. The zero-order chi connectivity index (χ0) is 13.8. The first-order valence-electron chi connectivity index (χ1n) is 6.76. The molecule has 1 aliphatic heterocycles. The number of halogens is 1. The molecule has 1 aromatic carbocycles. The summed E-state index contributed by atoms with van der Waals surface area (Å²) < 4.78 is 16.4. The Labute approximate surface area is 122 Å². The van der Waals surface area contributed by atoms with E-state index >= 15 is 0 Å². The Hall–Kier alpha value is -1.36. The monoisotopic (exact) mass is 293 g/mol. The highest BCUT2D eigenvalue weighted by molar-refractivity contribution is 6.33. The molecule has 1 fully saturated rings. The Morgan fingerprint density at radius 2 is 2.20 bits per heavy atom. The van der Waals surface area contributed by atoms with Crippen molar-refractivity contribution in [2.75, 3.05) is 6.61 Å². The molecule has 4 nitrogen and oxygen atoms in total. The Bertz CT molecular complexity index is 564. The Balaban J connectivity index is 1.63. The van der Waals surface area contributed by atoms with Gasteiger partial charge in [0.1, 0.15) is 12.3 Å². The molecule has 5 heteroatoms. The van der Waals surface area contributed by atoms with Crippen molar-refractivity contribution < 1.29 is 14.0 Å². The van der Waals surface area contributed by atoms with E-state index in [0.717, 1.165) is 37.1 Å². The lowest BCUT2D eigenvalue weighted by molar-refractivity contribution is -0.171. The maximum atomic E-state index is 6.13. The first-order valence-corrected chi connectivity index (χ1v) is 7.14. The van der Waals surface area contributed by atoms with Crippen molar-refractivity contribution in [3.8, 4) is 11.3 Å². The second-order valence-electron chi connectivity index (χ2n) is 4.77. The molecule has 2 aromatic rings. The van der Waals surface area contributed by atoms with E-state index in [9.17, 15) is 0 Å². The van der Waals surface area contributed by atoms with Crippen molar-refractivity contribution in [2.45, 2.75) is 32.2 Å². The van der Waals surface area contributed by atoms with E-state index in [-0.39, 0.29) is 6.29 Å². The van der Waals surface area contributed by atoms with Gasteiger partial charge in [0.25, 0.3) is 0 Å². The third-order valence-electron chi connectivity index (χ3n) is 3.26. The van der Waals surface area contributed by atoms with Crippen LogP contribution in [0.25, 0.3) is 11.3 Å². The van der Waals surface area contributed by atoms with Crippen LogP contribution in [0.1, 0.15) is 25.0 Å². The molecule has 2 heterocycles. The van der Waals surface area contributed by atoms with Gasteiger partial charge >= 0.3 is 0 Å². The van der Waals surface area contributed by atoms with Crippen LogP contribution in [0.4, 0.5) is 0 Å². The van der Waals surface area contributed by atoms with Gasteiger partial charge in [-0.2, -0.15) is 0 Å². The van der Waals surface area contributed by atoms with Gasteiger partial charge in [0.2, 0.25) is 0 Å². The van der Waals surface area contributed by atoms with Crippen molar-refractivity contribution >= 4 is 11.6 Å². The fourth-order valence-electron chi connectivity index (χ4n) is 2.19. The van der Waals surface area contributed by atoms with E-state index in [0.29, 0.717) is 17.4 Å². The molecule has 3 rings (SSSR count). The summed E-state index contributed by atoms with van der Waals surface area (Å²) in [5.41, 5.74) is 1.58. The minimum atomic E-state index is -0.127. The lowest BCUT2D eigenvalue weighted by Gasteiger charge is -2.21. The summed E-state index contributed by atoms with van der Waals surface area (Å²) in [6, 6.07) is 9.40. The van der Waals surface area contributed by atoms with Gasteiger partial charge in [-0.1, -0.05) is 35.0 Å². The van der Waals surface area contributed by atoms with Gasteiger partial charge in [0.15, 0.2) is 12.1 Å². The van der Waals surface area contributed by atoms with Gasteiger partial charge in [-0.25, -0.2) is 0 Å². The SMILES string of the molecule is Clc1ccccc1-c1cc(COC2CCCCO2)on1. The molecule has 0 N–H and O–H groups in total. The Morgan fingerprint density at radius 3 is 3.00 bits per heavy atom. The molecule has 0 spiro atoms. The molecule has 0 aliphatic carbocycles. The van der Waals surface area contributed by atoms with Crippen LogP contribution in [-0.2, 0) is 16.1 Å². The molecule has 1 unspecified atom stereocenters. The van der Waals surface area contributed by atoms with Crippen LogP contribution >= 0.6 is 11.6 Å². The van der Waals surface area contributed by atoms with Gasteiger partial charge in [-0.05, 0) is 25.3 Å². The Morgan fingerprint density at radius 1 is 1.30 bits per heavy atom. The maximum Gasteiger partial charge on any atom is 0.163 e. The molecule has 1 saturated heterocycles. The molecule has 1 aromatic heterocycles. The van der Waals surface area contributed by atoms with Crippen LogP contribution in [0, 0.1) is 0 Å². The van der Waals surface area contributed by atoms with Crippen molar-refractivity contribution in [2.24, 2.45) is 0 Å². The van der Waals surface area contributed by atoms with Gasteiger partial charge in [-0.15, -0.1) is 0 Å². The number of benzene rings is 1. The average molecular weight is 294 g/mol. The highest BCUT2D eigenvalue weighted by Crippen LogP contribution is 2.27. The van der Waals surface area contributed by atoms with Crippen molar-refractivity contribution in [1.82, 2.24) is 5.16 Å². The maximum absolute atomic E-state index is 6.13. The van der Waals surface area contributed by atoms with Crippen LogP contribution in [0.2, 0.25) is 5.02 Å². The van der Waals surface area contributed by atoms with Gasteiger partial charge in [-0.3, -0.25) is 0 Å². The fourth-order valence-corrected chi connectivity index (χ4v) is 2.43. The zero-order valence-corrected chi connectivity index (χ0v) is 11.8. The molecule has 0 radical (unpaired) electrons. The number of ether oxygens (including phenoxy) is 2. The second kappa shape index (κ2) is 6.39. The minimum absolute atomic E-state index is 0.127. The van der Waals surface area contributed by atoms with E-state index in [1.807, 2.05) is 30.3 Å². The highest BCUT2D eigenvalue weighted by Gasteiger charge is 2.16. The lowest BCUT2D eigenvalue weighted by Crippen LogP contribution is -2.21. The first-order chi connectivity index (χ1) is 9.83. The summed E-state index contributed by atoms with van der Waals surface area (Å²) in [7, 11) is 0. The lowest BCUT2D eigenvalue weighted by atomic mass is 10.1. The van der Waals surface area contributed by atoms with Gasteiger partial charge < -0.3 is 14.0 Å². The zero-order valence-electron chi connectivity index (χ0n) is 11.0. The predicted octanol–water partition coefficient (Wildman–Crippen LogP) is 4.04. The molecular formula is C15H16ClNO3. The summed E-state index contributed by atoms with van der Waals surface area (Å²) in [4.78, 5) is 0. The molecule has 106 valence electrons. The third kappa shape index (κ3) is 3.20. The van der Waals surface area contributed by atoms with Crippen LogP contribution < -0.4 is 0 Å². The standard InChI is InChI=1S/C15H16ClNO3/c16-13-6-2-1-5-12(13)14-9-11(20-17-14)10-19-15-7-3-4-8-18-15/h1-2,5-6,9,15H,3-4,7-8,10H2. The van der Waals surface area contributed by atoms with Crippen molar-refractivity contribution in [3.05, 3.63) is 41.1 Å². The fraction of sp³-hybridized carbons (Fsp3) is 0.400. The van der Waals surface area contributed by atoms with Crippen LogP contribution in [0.5, 0.6) is 0 Å². The van der Waals surface area contributed by atoms with E-state index in [1.54, 1.807) is 0 Å². The predicted molar refractivity (Wildman–Crippen MR) is 75.3 cm³/mol. The smallest absolute Gasteiger partial charge is 0.163 e. The van der Waals surface area contributed by atoms with E-state index in [2.05, 4.69) is 5.16 Å². The second-order valence-corrected chi connectivity index (χ2v) is 5.17. The normalized spacial score (nSPS) is 19.1. The third-order valence-corrected chi connectivity index (χ3v) is 3.59. The van der Waals surface area contributed by atoms with Gasteiger partial charge in [0.05, 0.1) is 5.02 Å². The summed E-state index contributed by atoms with van der Waals surface area (Å²) >= 11 is 6.13. The summed E-state index contributed by atoms with van der Waals surface area (Å²) in [6.07, 6.45) is 3.06. The van der Waals surface area contributed by atoms with Crippen molar-refractivity contribution in [3.63, 3.8) is 0 Å². The number of nitrogens with zero attached hydrogens (tertiary/aromatic N) is 1. The van der Waals surface area contributed by atoms with Crippen LogP contribution in [0.3, 0.4) is 0 Å². The highest BCUT2D eigenvalue weighted by atomic mass is 35.5. The molecule has 0 saturated carbocycles. The average Bonchev–Trinajstić information content (AvgIpc) is 2.95. The topological polar surface area (TPSA) is 44.5 Å². The molecular weight excluding hydrogens is 278 g/mol. The Kier molecular flexibility index (Phi) is 4.35. The molecule has 20 heavy (non-hydrogen) atoms. The summed E-state index contributed by atoms with van der Waals surface area (Å²) in [5.74, 6) is 0.675. The summed E-state index contributed by atoms with van der Waals surface area (Å²) in [6.45, 7) is 1.13. The van der Waals surface area contributed by atoms with E-state index in [4.69, 9.17) is 25.6 Å². The van der Waals surface area contributed by atoms with Crippen LogP contribution in [-0.4, -0.2) is 18.1 Å².